The van der Waals surface area contributed by atoms with Crippen LogP contribution in [0, 0.1) is 13.8 Å². The molecule has 3 rings (SSSR count). The van der Waals surface area contributed by atoms with Crippen LogP contribution in [0.25, 0.3) is 5.57 Å². The summed E-state index contributed by atoms with van der Waals surface area (Å²) in [6, 6.07) is 8.18. The van der Waals surface area contributed by atoms with Crippen molar-refractivity contribution >= 4 is 34.5 Å². The number of carboxylic acid groups (broad SMARTS) is 1. The Morgan fingerprint density at radius 2 is 2.11 bits per heavy atom. The minimum absolute atomic E-state index is 0.508. The topological polar surface area (TPSA) is 40.5 Å². The lowest BCUT2D eigenvalue weighted by atomic mass is 9.96. The number of rotatable bonds is 6. The van der Waals surface area contributed by atoms with Crippen LogP contribution in [0.5, 0.6) is 0 Å². The van der Waals surface area contributed by atoms with Gasteiger partial charge in [0.1, 0.15) is 0 Å². The maximum atomic E-state index is 11.2. The van der Waals surface area contributed by atoms with E-state index in [1.54, 1.807) is 11.3 Å². The van der Waals surface area contributed by atoms with Gasteiger partial charge < -0.3 is 5.11 Å². The van der Waals surface area contributed by atoms with E-state index in [1.807, 2.05) is 18.2 Å². The van der Waals surface area contributed by atoms with Crippen LogP contribution >= 0.6 is 22.9 Å². The first kappa shape index (κ1) is 19.9. The third-order valence-corrected chi connectivity index (χ3v) is 6.17. The summed E-state index contributed by atoms with van der Waals surface area (Å²) in [5, 5.41) is 12.1. The van der Waals surface area contributed by atoms with Crippen molar-refractivity contribution in [2.45, 2.75) is 26.7 Å². The van der Waals surface area contributed by atoms with Crippen molar-refractivity contribution in [1.29, 1.82) is 0 Å². The quantitative estimate of drug-likeness (QED) is 0.689. The third-order valence-electron chi connectivity index (χ3n) is 4.88. The molecule has 3 nitrogen and oxygen atoms in total. The summed E-state index contributed by atoms with van der Waals surface area (Å²) in [5.74, 6) is -0.804. The van der Waals surface area contributed by atoms with Crippen LogP contribution in [0.1, 0.15) is 34.4 Å². The van der Waals surface area contributed by atoms with Gasteiger partial charge in [-0.05, 0) is 72.5 Å². The van der Waals surface area contributed by atoms with E-state index in [1.165, 1.54) is 21.6 Å². The summed E-state index contributed by atoms with van der Waals surface area (Å²) in [5.41, 5.74) is 5.38. The zero-order valence-corrected chi connectivity index (χ0v) is 17.2. The van der Waals surface area contributed by atoms with Crippen LogP contribution in [-0.2, 0) is 4.79 Å². The number of carboxylic acids is 1. The Morgan fingerprint density at radius 3 is 2.78 bits per heavy atom. The molecule has 2 heterocycles. The Labute approximate surface area is 169 Å². The average Bonchev–Trinajstić information content (AvgIpc) is 3.05. The highest BCUT2D eigenvalue weighted by Crippen LogP contribution is 2.33. The molecule has 0 radical (unpaired) electrons. The van der Waals surface area contributed by atoms with Gasteiger partial charge in [-0.3, -0.25) is 4.90 Å². The number of hydrogen-bond acceptors (Lipinski definition) is 3. The normalized spacial score (nSPS) is 15.7. The lowest BCUT2D eigenvalue weighted by Gasteiger charge is -2.25. The predicted octanol–water partition coefficient (Wildman–Crippen LogP) is 5.56. The molecule has 1 aromatic carbocycles. The molecule has 1 aliphatic heterocycles. The first-order chi connectivity index (χ1) is 13.0. The molecule has 5 heteroatoms. The van der Waals surface area contributed by atoms with E-state index in [4.69, 9.17) is 11.6 Å². The van der Waals surface area contributed by atoms with E-state index < -0.39 is 5.97 Å². The molecule has 0 amide bonds. The molecule has 0 saturated heterocycles. The van der Waals surface area contributed by atoms with Crippen LogP contribution in [-0.4, -0.2) is 35.6 Å². The number of halogens is 1. The van der Waals surface area contributed by atoms with E-state index in [0.29, 0.717) is 12.1 Å². The number of benzene rings is 1. The SMILES string of the molecule is Cc1cc(Cl)ccc1/C(=C/CCN1CCC=C(C(=O)O)C1)c1sccc1C. The van der Waals surface area contributed by atoms with E-state index in [-0.39, 0.29) is 0 Å². The molecular formula is C22H24ClNO2S. The number of hydrogen-bond donors (Lipinski definition) is 1. The second-order valence-electron chi connectivity index (χ2n) is 6.90. The molecule has 1 aliphatic rings. The van der Waals surface area contributed by atoms with Crippen LogP contribution in [0.4, 0.5) is 0 Å². The van der Waals surface area contributed by atoms with Gasteiger partial charge in [0.2, 0.25) is 0 Å². The molecule has 1 N–H and O–H groups in total. The lowest BCUT2D eigenvalue weighted by molar-refractivity contribution is -0.133. The number of nitrogens with zero attached hydrogens (tertiary/aromatic N) is 1. The van der Waals surface area contributed by atoms with Crippen LogP contribution < -0.4 is 0 Å². The van der Waals surface area contributed by atoms with Gasteiger partial charge in [0.05, 0.1) is 0 Å². The van der Waals surface area contributed by atoms with Crippen molar-refractivity contribution in [1.82, 2.24) is 4.90 Å². The number of carbonyl (C=O) groups is 1. The lowest BCUT2D eigenvalue weighted by Crippen LogP contribution is -2.32. The van der Waals surface area contributed by atoms with Gasteiger partial charge >= 0.3 is 5.97 Å². The predicted molar refractivity (Wildman–Crippen MR) is 114 cm³/mol. The molecule has 0 aliphatic carbocycles. The smallest absolute Gasteiger partial charge is 0.332 e. The second-order valence-corrected chi connectivity index (χ2v) is 8.25. The summed E-state index contributed by atoms with van der Waals surface area (Å²) in [4.78, 5) is 14.7. The Bertz CT molecular complexity index is 897. The van der Waals surface area contributed by atoms with Crippen molar-refractivity contribution in [3.63, 3.8) is 0 Å². The van der Waals surface area contributed by atoms with E-state index in [0.717, 1.165) is 36.5 Å². The number of aryl methyl sites for hydroxylation is 2. The van der Waals surface area contributed by atoms with Gasteiger partial charge in [0.25, 0.3) is 0 Å². The fourth-order valence-electron chi connectivity index (χ4n) is 3.45. The van der Waals surface area contributed by atoms with Gasteiger partial charge in [-0.1, -0.05) is 29.8 Å². The zero-order valence-electron chi connectivity index (χ0n) is 15.7. The first-order valence-electron chi connectivity index (χ1n) is 9.11. The molecule has 0 saturated carbocycles. The zero-order chi connectivity index (χ0) is 19.4. The minimum atomic E-state index is -0.804. The van der Waals surface area contributed by atoms with Gasteiger partial charge in [0, 0.05) is 35.1 Å². The van der Waals surface area contributed by atoms with Gasteiger partial charge in [-0.25, -0.2) is 4.79 Å². The number of thiophene rings is 1. The Hall–Kier alpha value is -1.88. The second kappa shape index (κ2) is 8.87. The van der Waals surface area contributed by atoms with Crippen molar-refractivity contribution in [2.75, 3.05) is 19.6 Å². The molecule has 142 valence electrons. The van der Waals surface area contributed by atoms with Crippen LogP contribution in [0.15, 0.2) is 47.4 Å². The first-order valence-corrected chi connectivity index (χ1v) is 10.4. The average molecular weight is 402 g/mol. The molecular weight excluding hydrogens is 378 g/mol. The molecule has 0 spiro atoms. The Balaban J connectivity index is 1.81. The molecule has 27 heavy (non-hydrogen) atoms. The van der Waals surface area contributed by atoms with Gasteiger partial charge in [0.15, 0.2) is 0 Å². The van der Waals surface area contributed by atoms with Crippen LogP contribution in [0.2, 0.25) is 5.02 Å². The van der Waals surface area contributed by atoms with Crippen molar-refractivity contribution in [3.05, 3.63) is 74.0 Å². The largest absolute Gasteiger partial charge is 0.478 e. The van der Waals surface area contributed by atoms with Crippen molar-refractivity contribution in [2.24, 2.45) is 0 Å². The summed E-state index contributed by atoms with van der Waals surface area (Å²) in [6.45, 7) is 6.52. The molecule has 2 aromatic rings. The third kappa shape index (κ3) is 4.89. The van der Waals surface area contributed by atoms with Crippen LogP contribution in [0.3, 0.4) is 0 Å². The fourth-order valence-corrected chi connectivity index (χ4v) is 4.66. The molecule has 0 bridgehead atoms. The summed E-state index contributed by atoms with van der Waals surface area (Å²) >= 11 is 7.90. The number of aliphatic carboxylic acids is 1. The van der Waals surface area contributed by atoms with Gasteiger partial charge in [-0.2, -0.15) is 0 Å². The maximum Gasteiger partial charge on any atom is 0.332 e. The molecule has 0 unspecified atom stereocenters. The summed E-state index contributed by atoms with van der Waals surface area (Å²) in [6.07, 6.45) is 5.81. The Morgan fingerprint density at radius 1 is 1.30 bits per heavy atom. The van der Waals surface area contributed by atoms with Crippen molar-refractivity contribution < 1.29 is 9.90 Å². The monoisotopic (exact) mass is 401 g/mol. The highest BCUT2D eigenvalue weighted by Gasteiger charge is 2.17. The van der Waals surface area contributed by atoms with E-state index >= 15 is 0 Å². The minimum Gasteiger partial charge on any atom is -0.478 e. The molecule has 0 fully saturated rings. The Kier molecular flexibility index (Phi) is 6.53. The highest BCUT2D eigenvalue weighted by atomic mass is 35.5. The van der Waals surface area contributed by atoms with E-state index in [2.05, 4.69) is 42.3 Å². The maximum absolute atomic E-state index is 11.2. The van der Waals surface area contributed by atoms with Crippen molar-refractivity contribution in [3.8, 4) is 0 Å². The summed E-state index contributed by atoms with van der Waals surface area (Å²) in [7, 11) is 0. The van der Waals surface area contributed by atoms with E-state index in [9.17, 15) is 9.90 Å². The van der Waals surface area contributed by atoms with Gasteiger partial charge in [-0.15, -0.1) is 11.3 Å². The molecule has 0 atom stereocenters. The standard InChI is InChI=1S/C22H24ClNO2S/c1-15-9-12-27-21(15)20(19-8-7-18(23)13-16(19)2)6-4-11-24-10-3-5-17(14-24)22(25)26/h5-9,12-13H,3-4,10-11,14H2,1-2H3,(H,25,26)/b20-6-. The highest BCUT2D eigenvalue weighted by molar-refractivity contribution is 7.11. The summed E-state index contributed by atoms with van der Waals surface area (Å²) < 4.78 is 0. The molecule has 1 aromatic heterocycles. The fraction of sp³-hybridized carbons (Fsp3) is 0.318.